The molecule has 0 aliphatic carbocycles. The Hall–Kier alpha value is -1.45. The number of aromatic nitrogens is 2. The predicted molar refractivity (Wildman–Crippen MR) is 51.4 cm³/mol. The highest BCUT2D eigenvalue weighted by atomic mass is 16.2. The average molecular weight is 191 g/mol. The van der Waals surface area contributed by atoms with Crippen molar-refractivity contribution in [3.63, 3.8) is 0 Å². The molecule has 0 radical (unpaired) electrons. The molecule has 0 saturated heterocycles. The van der Waals surface area contributed by atoms with E-state index < -0.39 is 0 Å². The van der Waals surface area contributed by atoms with Gasteiger partial charge in [0.05, 0.1) is 12.2 Å². The van der Waals surface area contributed by atoms with Crippen LogP contribution < -0.4 is 0 Å². The van der Waals surface area contributed by atoms with Crippen molar-refractivity contribution in [2.75, 3.05) is 0 Å². The van der Waals surface area contributed by atoms with Gasteiger partial charge in [0, 0.05) is 24.7 Å². The number of hydrogen-bond donors (Lipinski definition) is 0. The van der Waals surface area contributed by atoms with Crippen molar-refractivity contribution in [2.24, 2.45) is 0 Å². The van der Waals surface area contributed by atoms with E-state index in [1.165, 1.54) is 0 Å². The Morgan fingerprint density at radius 3 is 2.64 bits per heavy atom. The number of aryl methyl sites for hydroxylation is 2. The highest BCUT2D eigenvalue weighted by Crippen LogP contribution is 2.22. The molecule has 0 saturated carbocycles. The summed E-state index contributed by atoms with van der Waals surface area (Å²) >= 11 is 0. The van der Waals surface area contributed by atoms with Crippen LogP contribution in [0.15, 0.2) is 0 Å². The Morgan fingerprint density at radius 1 is 1.29 bits per heavy atom. The quantitative estimate of drug-likeness (QED) is 0.613. The van der Waals surface area contributed by atoms with Crippen LogP contribution in [0.5, 0.6) is 0 Å². The first kappa shape index (κ1) is 9.12. The van der Waals surface area contributed by atoms with Crippen molar-refractivity contribution >= 4 is 5.91 Å². The topological polar surface area (TPSA) is 46.1 Å². The van der Waals surface area contributed by atoms with Crippen molar-refractivity contribution in [1.29, 1.82) is 0 Å². The number of fused-ring (bicyclic) bond motifs is 1. The molecule has 74 valence electrons. The van der Waals surface area contributed by atoms with Crippen LogP contribution in [0.3, 0.4) is 0 Å². The second kappa shape index (κ2) is 3.04. The Balaban J connectivity index is 2.39. The molecule has 1 aliphatic rings. The molecule has 0 aromatic carbocycles. The molecular weight excluding hydrogens is 178 g/mol. The van der Waals surface area contributed by atoms with E-state index in [0.29, 0.717) is 13.1 Å². The van der Waals surface area contributed by atoms with E-state index in [1.54, 1.807) is 11.8 Å². The molecule has 0 N–H and O–H groups in total. The average Bonchev–Trinajstić information content (AvgIpc) is 2.47. The first-order valence-corrected chi connectivity index (χ1v) is 4.66. The second-order valence-electron chi connectivity index (χ2n) is 3.66. The van der Waals surface area contributed by atoms with E-state index in [4.69, 9.17) is 0 Å². The third-order valence-electron chi connectivity index (χ3n) is 2.55. The van der Waals surface area contributed by atoms with Crippen molar-refractivity contribution in [1.82, 2.24) is 14.9 Å². The van der Waals surface area contributed by atoms with Crippen LogP contribution in [0.1, 0.15) is 29.7 Å². The standard InChI is InChI=1S/C10H13N3O/c1-6-9-4-13(8(3)14)5-10(9)12-7(2)11-6/h4-5H2,1-3H3. The van der Waals surface area contributed by atoms with E-state index in [2.05, 4.69) is 9.97 Å². The lowest BCUT2D eigenvalue weighted by molar-refractivity contribution is -0.129. The summed E-state index contributed by atoms with van der Waals surface area (Å²) in [7, 11) is 0. The molecule has 0 bridgehead atoms. The lowest BCUT2D eigenvalue weighted by Crippen LogP contribution is -2.21. The number of amides is 1. The minimum Gasteiger partial charge on any atom is -0.333 e. The number of nitrogens with zero attached hydrogens (tertiary/aromatic N) is 3. The molecule has 0 atom stereocenters. The maximum atomic E-state index is 11.2. The van der Waals surface area contributed by atoms with Crippen LogP contribution in [-0.2, 0) is 17.9 Å². The second-order valence-corrected chi connectivity index (χ2v) is 3.66. The largest absolute Gasteiger partial charge is 0.333 e. The summed E-state index contributed by atoms with van der Waals surface area (Å²) in [6, 6.07) is 0. The van der Waals surface area contributed by atoms with Gasteiger partial charge in [-0.2, -0.15) is 0 Å². The lowest BCUT2D eigenvalue weighted by Gasteiger charge is -2.10. The Kier molecular flexibility index (Phi) is 1.98. The zero-order valence-corrected chi connectivity index (χ0v) is 8.66. The Bertz CT molecular complexity index is 401. The van der Waals surface area contributed by atoms with Gasteiger partial charge in [0.25, 0.3) is 0 Å². The van der Waals surface area contributed by atoms with Gasteiger partial charge in [-0.05, 0) is 13.8 Å². The van der Waals surface area contributed by atoms with Gasteiger partial charge in [0.1, 0.15) is 5.82 Å². The fourth-order valence-corrected chi connectivity index (χ4v) is 1.79. The maximum absolute atomic E-state index is 11.2. The minimum atomic E-state index is 0.0973. The SMILES string of the molecule is CC(=O)N1Cc2nc(C)nc(C)c2C1. The van der Waals surface area contributed by atoms with Gasteiger partial charge in [0.15, 0.2) is 0 Å². The van der Waals surface area contributed by atoms with Crippen LogP contribution >= 0.6 is 0 Å². The molecule has 1 aromatic rings. The summed E-state index contributed by atoms with van der Waals surface area (Å²) in [6.45, 7) is 6.73. The summed E-state index contributed by atoms with van der Waals surface area (Å²) in [5.74, 6) is 0.881. The minimum absolute atomic E-state index is 0.0973. The van der Waals surface area contributed by atoms with Gasteiger partial charge in [-0.3, -0.25) is 4.79 Å². The zero-order valence-electron chi connectivity index (χ0n) is 8.66. The Morgan fingerprint density at radius 2 is 2.00 bits per heavy atom. The van der Waals surface area contributed by atoms with Crippen LogP contribution in [0.2, 0.25) is 0 Å². The van der Waals surface area contributed by atoms with Crippen molar-refractivity contribution in [3.8, 4) is 0 Å². The smallest absolute Gasteiger partial charge is 0.220 e. The van der Waals surface area contributed by atoms with Gasteiger partial charge < -0.3 is 4.90 Å². The predicted octanol–water partition coefficient (Wildman–Crippen LogP) is 0.956. The van der Waals surface area contributed by atoms with Crippen LogP contribution in [0, 0.1) is 13.8 Å². The molecule has 0 fully saturated rings. The summed E-state index contributed by atoms with van der Waals surface area (Å²) in [5, 5.41) is 0. The molecule has 2 rings (SSSR count). The van der Waals surface area contributed by atoms with Gasteiger partial charge in [-0.1, -0.05) is 0 Å². The van der Waals surface area contributed by atoms with E-state index >= 15 is 0 Å². The lowest BCUT2D eigenvalue weighted by atomic mass is 10.2. The maximum Gasteiger partial charge on any atom is 0.220 e. The number of carbonyl (C=O) groups excluding carboxylic acids is 1. The van der Waals surface area contributed by atoms with Crippen LogP contribution in [0.25, 0.3) is 0 Å². The number of carbonyl (C=O) groups is 1. The summed E-state index contributed by atoms with van der Waals surface area (Å²) in [4.78, 5) is 21.6. The fourth-order valence-electron chi connectivity index (χ4n) is 1.79. The summed E-state index contributed by atoms with van der Waals surface area (Å²) in [5.41, 5.74) is 3.12. The van der Waals surface area contributed by atoms with E-state index in [1.807, 2.05) is 13.8 Å². The monoisotopic (exact) mass is 191 g/mol. The summed E-state index contributed by atoms with van der Waals surface area (Å²) < 4.78 is 0. The first-order chi connectivity index (χ1) is 6.58. The molecule has 2 heterocycles. The van der Waals surface area contributed by atoms with Gasteiger partial charge in [0.2, 0.25) is 5.91 Å². The van der Waals surface area contributed by atoms with Crippen molar-refractivity contribution in [2.45, 2.75) is 33.9 Å². The van der Waals surface area contributed by atoms with E-state index in [0.717, 1.165) is 22.8 Å². The molecule has 0 unspecified atom stereocenters. The Labute approximate surface area is 83.0 Å². The molecule has 1 aromatic heterocycles. The van der Waals surface area contributed by atoms with E-state index in [-0.39, 0.29) is 5.91 Å². The van der Waals surface area contributed by atoms with E-state index in [9.17, 15) is 4.79 Å². The molecule has 4 heteroatoms. The van der Waals surface area contributed by atoms with Gasteiger partial charge in [-0.15, -0.1) is 0 Å². The van der Waals surface area contributed by atoms with Crippen molar-refractivity contribution in [3.05, 3.63) is 22.8 Å². The van der Waals surface area contributed by atoms with Gasteiger partial charge in [-0.25, -0.2) is 9.97 Å². The number of rotatable bonds is 0. The summed E-state index contributed by atoms with van der Waals surface area (Å²) in [6.07, 6.45) is 0. The van der Waals surface area contributed by atoms with Gasteiger partial charge >= 0.3 is 0 Å². The molecule has 4 nitrogen and oxygen atoms in total. The highest BCUT2D eigenvalue weighted by Gasteiger charge is 2.24. The van der Waals surface area contributed by atoms with Crippen LogP contribution in [0.4, 0.5) is 0 Å². The third-order valence-corrected chi connectivity index (χ3v) is 2.55. The van der Waals surface area contributed by atoms with Crippen molar-refractivity contribution < 1.29 is 4.79 Å². The first-order valence-electron chi connectivity index (χ1n) is 4.66. The third kappa shape index (κ3) is 1.36. The zero-order chi connectivity index (χ0) is 10.3. The molecule has 14 heavy (non-hydrogen) atoms. The fraction of sp³-hybridized carbons (Fsp3) is 0.500. The molecule has 1 amide bonds. The van der Waals surface area contributed by atoms with Crippen LogP contribution in [-0.4, -0.2) is 20.8 Å². The normalized spacial score (nSPS) is 14.4. The highest BCUT2D eigenvalue weighted by molar-refractivity contribution is 5.74. The number of hydrogen-bond acceptors (Lipinski definition) is 3. The molecule has 1 aliphatic heterocycles. The molecule has 0 spiro atoms. The molecular formula is C10H13N3O.